The average Bonchev–Trinajstić information content (AvgIpc) is 2.62. The summed E-state index contributed by atoms with van der Waals surface area (Å²) in [6.45, 7) is 3.81. The standard InChI is InChI=1S/C21H20O5/c1-3-7-15-12-18(22)26-19-13(2)17(11-10-16(15)19)25-20(21(23)24)14-8-5-4-6-9-14/h4-6,8-12,20H,3,7H2,1-2H3,(H,23,24)/t20-/m0/s1. The number of hydrogen-bond donors (Lipinski definition) is 1. The molecule has 0 unspecified atom stereocenters. The number of fused-ring (bicyclic) bond motifs is 1. The quantitative estimate of drug-likeness (QED) is 0.671. The molecule has 0 aliphatic carbocycles. The summed E-state index contributed by atoms with van der Waals surface area (Å²) in [6.07, 6.45) is 0.534. The van der Waals surface area contributed by atoms with Crippen LogP contribution in [0.3, 0.4) is 0 Å². The molecule has 0 radical (unpaired) electrons. The first kappa shape index (κ1) is 17.7. The van der Waals surface area contributed by atoms with Gasteiger partial charge in [0.2, 0.25) is 6.10 Å². The van der Waals surface area contributed by atoms with Crippen LogP contribution in [0.5, 0.6) is 5.75 Å². The van der Waals surface area contributed by atoms with Crippen molar-refractivity contribution >= 4 is 16.9 Å². The van der Waals surface area contributed by atoms with E-state index >= 15 is 0 Å². The lowest BCUT2D eigenvalue weighted by Crippen LogP contribution is -2.18. The normalized spacial score (nSPS) is 12.1. The van der Waals surface area contributed by atoms with Crippen LogP contribution in [-0.2, 0) is 11.2 Å². The number of aryl methyl sites for hydroxylation is 2. The summed E-state index contributed by atoms with van der Waals surface area (Å²) in [5.74, 6) is -0.706. The van der Waals surface area contributed by atoms with Crippen molar-refractivity contribution in [1.29, 1.82) is 0 Å². The van der Waals surface area contributed by atoms with Crippen molar-refractivity contribution in [3.05, 3.63) is 75.6 Å². The number of ether oxygens (including phenoxy) is 1. The molecule has 1 atom stereocenters. The lowest BCUT2D eigenvalue weighted by molar-refractivity contribution is -0.145. The number of carboxylic acids is 1. The van der Waals surface area contributed by atoms with E-state index in [0.29, 0.717) is 22.5 Å². The fourth-order valence-corrected chi connectivity index (χ4v) is 3.03. The molecule has 0 aliphatic rings. The zero-order valence-corrected chi connectivity index (χ0v) is 14.7. The molecule has 1 N–H and O–H groups in total. The van der Waals surface area contributed by atoms with Crippen molar-refractivity contribution in [3.63, 3.8) is 0 Å². The first-order valence-electron chi connectivity index (χ1n) is 8.52. The Morgan fingerprint density at radius 1 is 1.19 bits per heavy atom. The van der Waals surface area contributed by atoms with Crippen molar-refractivity contribution in [3.8, 4) is 5.75 Å². The lowest BCUT2D eigenvalue weighted by Gasteiger charge is -2.18. The number of hydrogen-bond acceptors (Lipinski definition) is 4. The summed E-state index contributed by atoms with van der Waals surface area (Å²) in [7, 11) is 0. The van der Waals surface area contributed by atoms with Crippen LogP contribution in [0.25, 0.3) is 11.0 Å². The SMILES string of the molecule is CCCc1cc(=O)oc2c(C)c(O[C@H](C(=O)O)c3ccccc3)ccc12. The highest BCUT2D eigenvalue weighted by Crippen LogP contribution is 2.32. The van der Waals surface area contributed by atoms with Crippen LogP contribution < -0.4 is 10.4 Å². The van der Waals surface area contributed by atoms with Crippen molar-refractivity contribution in [2.75, 3.05) is 0 Å². The van der Waals surface area contributed by atoms with Gasteiger partial charge in [0, 0.05) is 22.6 Å². The molecule has 0 fully saturated rings. The minimum absolute atomic E-state index is 0.380. The summed E-state index contributed by atoms with van der Waals surface area (Å²) in [4.78, 5) is 23.6. The smallest absolute Gasteiger partial charge is 0.349 e. The van der Waals surface area contributed by atoms with Gasteiger partial charge in [0.25, 0.3) is 0 Å². The third-order valence-electron chi connectivity index (χ3n) is 4.29. The second-order valence-electron chi connectivity index (χ2n) is 6.15. The average molecular weight is 352 g/mol. The van der Waals surface area contributed by atoms with E-state index in [1.807, 2.05) is 19.1 Å². The maximum Gasteiger partial charge on any atom is 0.349 e. The molecule has 0 aliphatic heterocycles. The molecule has 3 rings (SSSR count). The second-order valence-corrected chi connectivity index (χ2v) is 6.15. The van der Waals surface area contributed by atoms with Gasteiger partial charge in [-0.05, 0) is 31.0 Å². The van der Waals surface area contributed by atoms with Crippen LogP contribution >= 0.6 is 0 Å². The summed E-state index contributed by atoms with van der Waals surface area (Å²) < 4.78 is 11.2. The molecule has 5 heteroatoms. The summed E-state index contributed by atoms with van der Waals surface area (Å²) in [5, 5.41) is 10.4. The number of carbonyl (C=O) groups is 1. The van der Waals surface area contributed by atoms with Crippen LogP contribution in [0.4, 0.5) is 0 Å². The molecule has 1 heterocycles. The minimum Gasteiger partial charge on any atom is -0.478 e. The Balaban J connectivity index is 2.07. The molecular formula is C21H20O5. The Morgan fingerprint density at radius 2 is 1.92 bits per heavy atom. The maximum absolute atomic E-state index is 11.9. The molecule has 134 valence electrons. The van der Waals surface area contributed by atoms with Crippen molar-refractivity contribution in [2.24, 2.45) is 0 Å². The fourth-order valence-electron chi connectivity index (χ4n) is 3.03. The van der Waals surface area contributed by atoms with E-state index in [-0.39, 0.29) is 0 Å². The first-order valence-corrected chi connectivity index (χ1v) is 8.52. The van der Waals surface area contributed by atoms with Gasteiger partial charge in [-0.25, -0.2) is 9.59 Å². The molecule has 0 amide bonds. The van der Waals surface area contributed by atoms with E-state index < -0.39 is 17.7 Å². The number of aliphatic carboxylic acids is 1. The number of benzene rings is 2. The van der Waals surface area contributed by atoms with Gasteiger partial charge in [0.05, 0.1) is 0 Å². The Hall–Kier alpha value is -3.08. The van der Waals surface area contributed by atoms with Crippen LogP contribution in [0.15, 0.2) is 57.7 Å². The van der Waals surface area contributed by atoms with Gasteiger partial charge in [-0.15, -0.1) is 0 Å². The highest BCUT2D eigenvalue weighted by molar-refractivity contribution is 5.85. The summed E-state index contributed by atoms with van der Waals surface area (Å²) >= 11 is 0. The highest BCUT2D eigenvalue weighted by atomic mass is 16.5. The Bertz CT molecular complexity index is 988. The summed E-state index contributed by atoms with van der Waals surface area (Å²) in [5.41, 5.74) is 2.10. The largest absolute Gasteiger partial charge is 0.478 e. The molecule has 2 aromatic carbocycles. The van der Waals surface area contributed by atoms with Gasteiger partial charge < -0.3 is 14.3 Å². The Kier molecular flexibility index (Phi) is 5.07. The van der Waals surface area contributed by atoms with Crippen molar-refractivity contribution in [2.45, 2.75) is 32.8 Å². The summed E-state index contributed by atoms with van der Waals surface area (Å²) in [6, 6.07) is 13.8. The molecule has 0 spiro atoms. The molecule has 3 aromatic rings. The first-order chi connectivity index (χ1) is 12.5. The van der Waals surface area contributed by atoms with E-state index in [1.165, 1.54) is 6.07 Å². The molecule has 5 nitrogen and oxygen atoms in total. The number of rotatable bonds is 6. The van der Waals surface area contributed by atoms with Crippen LogP contribution in [0.2, 0.25) is 0 Å². The van der Waals surface area contributed by atoms with E-state index in [4.69, 9.17) is 9.15 Å². The Morgan fingerprint density at radius 3 is 2.58 bits per heavy atom. The molecule has 26 heavy (non-hydrogen) atoms. The van der Waals surface area contributed by atoms with Crippen molar-refractivity contribution in [1.82, 2.24) is 0 Å². The van der Waals surface area contributed by atoms with Gasteiger partial charge in [-0.2, -0.15) is 0 Å². The van der Waals surface area contributed by atoms with E-state index in [2.05, 4.69) is 0 Å². The lowest BCUT2D eigenvalue weighted by atomic mass is 10.0. The predicted octanol–water partition coefficient (Wildman–Crippen LogP) is 4.26. The molecular weight excluding hydrogens is 332 g/mol. The van der Waals surface area contributed by atoms with Crippen molar-refractivity contribution < 1.29 is 19.1 Å². The molecule has 0 saturated heterocycles. The van der Waals surface area contributed by atoms with Crippen LogP contribution in [0, 0.1) is 6.92 Å². The molecule has 0 saturated carbocycles. The van der Waals surface area contributed by atoms with Gasteiger partial charge in [0.15, 0.2) is 0 Å². The third kappa shape index (κ3) is 3.47. The zero-order valence-electron chi connectivity index (χ0n) is 14.7. The van der Waals surface area contributed by atoms with Crippen LogP contribution in [0.1, 0.15) is 36.1 Å². The van der Waals surface area contributed by atoms with E-state index in [0.717, 1.165) is 23.8 Å². The highest BCUT2D eigenvalue weighted by Gasteiger charge is 2.23. The van der Waals surface area contributed by atoms with Gasteiger partial charge in [-0.1, -0.05) is 43.7 Å². The maximum atomic E-state index is 11.9. The van der Waals surface area contributed by atoms with E-state index in [9.17, 15) is 14.7 Å². The Labute approximate surface area is 150 Å². The fraction of sp³-hybridized carbons (Fsp3) is 0.238. The molecule has 1 aromatic heterocycles. The second kappa shape index (κ2) is 7.44. The van der Waals surface area contributed by atoms with Crippen LogP contribution in [-0.4, -0.2) is 11.1 Å². The topological polar surface area (TPSA) is 76.7 Å². The van der Waals surface area contributed by atoms with Gasteiger partial charge in [-0.3, -0.25) is 0 Å². The van der Waals surface area contributed by atoms with E-state index in [1.54, 1.807) is 37.3 Å². The minimum atomic E-state index is -1.14. The third-order valence-corrected chi connectivity index (χ3v) is 4.29. The number of carboxylic acid groups (broad SMARTS) is 1. The predicted molar refractivity (Wildman–Crippen MR) is 98.7 cm³/mol. The van der Waals surface area contributed by atoms with Gasteiger partial charge >= 0.3 is 11.6 Å². The molecule has 0 bridgehead atoms. The zero-order chi connectivity index (χ0) is 18.7. The van der Waals surface area contributed by atoms with Gasteiger partial charge in [0.1, 0.15) is 11.3 Å². The monoisotopic (exact) mass is 352 g/mol.